The molecule has 2 aliphatic rings. The molecule has 0 aromatic heterocycles. The Morgan fingerprint density at radius 3 is 2.50 bits per heavy atom. The van der Waals surface area contributed by atoms with E-state index < -0.39 is 10.0 Å². The maximum Gasteiger partial charge on any atom is 0.211 e. The summed E-state index contributed by atoms with van der Waals surface area (Å²) >= 11 is 0. The molecule has 2 atom stereocenters. The van der Waals surface area contributed by atoms with E-state index in [1.807, 2.05) is 6.07 Å². The number of fused-ring (bicyclic) bond motifs is 1. The Bertz CT molecular complexity index is 659. The molecule has 2 heterocycles. The van der Waals surface area contributed by atoms with Crippen LogP contribution in [0, 0.1) is 17.3 Å². The summed E-state index contributed by atoms with van der Waals surface area (Å²) in [4.78, 5) is 2.56. The predicted octanol–water partition coefficient (Wildman–Crippen LogP) is 2.47. The normalized spacial score (nSPS) is 28.6. The fraction of sp³-hybridized carbons (Fsp3) is 0.684. The zero-order valence-electron chi connectivity index (χ0n) is 15.1. The summed E-state index contributed by atoms with van der Waals surface area (Å²) in [5.41, 5.74) is 1.47. The van der Waals surface area contributed by atoms with Gasteiger partial charge in [0.2, 0.25) is 10.0 Å². The molecule has 1 aromatic rings. The van der Waals surface area contributed by atoms with Gasteiger partial charge < -0.3 is 4.90 Å². The quantitative estimate of drug-likeness (QED) is 0.791. The fourth-order valence-electron chi connectivity index (χ4n) is 4.54. The molecule has 134 valence electrons. The number of benzene rings is 1. The van der Waals surface area contributed by atoms with Gasteiger partial charge in [0.25, 0.3) is 0 Å². The Balaban J connectivity index is 1.76. The summed E-state index contributed by atoms with van der Waals surface area (Å²) < 4.78 is 25.8. The van der Waals surface area contributed by atoms with Gasteiger partial charge in [0, 0.05) is 38.1 Å². The van der Waals surface area contributed by atoms with Gasteiger partial charge in [0.15, 0.2) is 0 Å². The van der Waals surface area contributed by atoms with Gasteiger partial charge in [-0.2, -0.15) is 0 Å². The molecule has 0 bridgehead atoms. The van der Waals surface area contributed by atoms with Gasteiger partial charge in [-0.15, -0.1) is 0 Å². The van der Waals surface area contributed by atoms with Crippen LogP contribution in [-0.4, -0.2) is 56.6 Å². The van der Waals surface area contributed by atoms with Gasteiger partial charge in [0.1, 0.15) is 0 Å². The molecule has 1 aromatic carbocycles. The summed E-state index contributed by atoms with van der Waals surface area (Å²) in [6.07, 6.45) is 3.46. The number of rotatable bonds is 6. The molecular formula is C19H30N2O2S. The van der Waals surface area contributed by atoms with E-state index in [1.54, 1.807) is 4.31 Å². The van der Waals surface area contributed by atoms with Crippen molar-refractivity contribution in [2.45, 2.75) is 26.7 Å². The third-order valence-corrected chi connectivity index (χ3v) is 6.86. The second-order valence-corrected chi connectivity index (χ2v) is 10.2. The predicted molar refractivity (Wildman–Crippen MR) is 98.4 cm³/mol. The summed E-state index contributed by atoms with van der Waals surface area (Å²) in [6, 6.07) is 10.6. The van der Waals surface area contributed by atoms with Gasteiger partial charge in [-0.05, 0) is 30.2 Å². The minimum absolute atomic E-state index is 0.119. The molecule has 3 rings (SSSR count). The van der Waals surface area contributed by atoms with Gasteiger partial charge in [0.05, 0.1) is 6.26 Å². The van der Waals surface area contributed by atoms with Gasteiger partial charge in [-0.1, -0.05) is 44.2 Å². The lowest BCUT2D eigenvalue weighted by atomic mass is 9.76. The monoisotopic (exact) mass is 350 g/mol. The number of sulfonamides is 1. The van der Waals surface area contributed by atoms with E-state index in [2.05, 4.69) is 43.0 Å². The Kier molecular flexibility index (Phi) is 5.05. The first-order valence-electron chi connectivity index (χ1n) is 9.00. The van der Waals surface area contributed by atoms with E-state index in [0.29, 0.717) is 24.9 Å². The van der Waals surface area contributed by atoms with Crippen molar-refractivity contribution in [1.29, 1.82) is 0 Å². The second kappa shape index (κ2) is 6.77. The van der Waals surface area contributed by atoms with Crippen molar-refractivity contribution in [2.75, 3.05) is 39.0 Å². The highest BCUT2D eigenvalue weighted by molar-refractivity contribution is 7.88. The van der Waals surface area contributed by atoms with Crippen molar-refractivity contribution in [3.8, 4) is 0 Å². The van der Waals surface area contributed by atoms with Crippen LogP contribution in [0.3, 0.4) is 0 Å². The number of aryl methyl sites for hydroxylation is 1. The molecule has 0 saturated carbocycles. The standard InChI is InChI=1S/C19H30N2O2S/c1-16(2)11-20-12-18-13-21(24(3,22)23)15-19(18,14-20)10-9-17-7-5-4-6-8-17/h4-8,16,18H,9-15H2,1-3H3. The van der Waals surface area contributed by atoms with E-state index in [4.69, 9.17) is 0 Å². The SMILES string of the molecule is CC(C)CN1CC2CN(S(C)(=O)=O)CC2(CCc2ccccc2)C1. The fourth-order valence-corrected chi connectivity index (χ4v) is 5.49. The molecule has 2 saturated heterocycles. The highest BCUT2D eigenvalue weighted by atomic mass is 32.2. The second-order valence-electron chi connectivity index (χ2n) is 8.19. The molecule has 5 heteroatoms. The van der Waals surface area contributed by atoms with Crippen LogP contribution < -0.4 is 0 Å². The molecule has 0 spiro atoms. The minimum atomic E-state index is -3.09. The highest BCUT2D eigenvalue weighted by Crippen LogP contribution is 2.46. The van der Waals surface area contributed by atoms with Crippen LogP contribution in [0.4, 0.5) is 0 Å². The summed E-state index contributed by atoms with van der Waals surface area (Å²) in [6.45, 7) is 9.09. The van der Waals surface area contributed by atoms with Gasteiger partial charge in [-0.3, -0.25) is 0 Å². The third kappa shape index (κ3) is 3.84. The Morgan fingerprint density at radius 1 is 1.17 bits per heavy atom. The maximum atomic E-state index is 12.1. The van der Waals surface area contributed by atoms with Gasteiger partial charge in [-0.25, -0.2) is 12.7 Å². The maximum absolute atomic E-state index is 12.1. The topological polar surface area (TPSA) is 40.6 Å². The molecule has 2 unspecified atom stereocenters. The smallest absolute Gasteiger partial charge is 0.211 e. The van der Waals surface area contributed by atoms with E-state index >= 15 is 0 Å². The largest absolute Gasteiger partial charge is 0.302 e. The third-order valence-electron chi connectivity index (χ3n) is 5.65. The molecule has 0 N–H and O–H groups in total. The van der Waals surface area contributed by atoms with E-state index in [0.717, 1.165) is 32.5 Å². The zero-order valence-corrected chi connectivity index (χ0v) is 15.9. The van der Waals surface area contributed by atoms with E-state index in [9.17, 15) is 8.42 Å². The van der Waals surface area contributed by atoms with E-state index in [1.165, 1.54) is 11.8 Å². The molecule has 2 fully saturated rings. The molecule has 0 amide bonds. The average Bonchev–Trinajstić information content (AvgIpc) is 2.99. The molecule has 0 radical (unpaired) electrons. The highest BCUT2D eigenvalue weighted by Gasteiger charge is 2.53. The van der Waals surface area contributed by atoms with Crippen molar-refractivity contribution in [3.63, 3.8) is 0 Å². The summed E-state index contributed by atoms with van der Waals surface area (Å²) in [5.74, 6) is 1.12. The lowest BCUT2D eigenvalue weighted by molar-refractivity contribution is 0.216. The Labute approximate surface area is 146 Å². The van der Waals surface area contributed by atoms with Crippen LogP contribution in [0.2, 0.25) is 0 Å². The first-order valence-corrected chi connectivity index (χ1v) is 10.8. The Hall–Kier alpha value is -0.910. The summed E-state index contributed by atoms with van der Waals surface area (Å²) in [7, 11) is -3.09. The number of likely N-dealkylation sites (tertiary alicyclic amines) is 1. The number of nitrogens with zero attached hydrogens (tertiary/aromatic N) is 2. The zero-order chi connectivity index (χ0) is 17.4. The first-order chi connectivity index (χ1) is 11.3. The van der Waals surface area contributed by atoms with Crippen LogP contribution >= 0.6 is 0 Å². The molecule has 4 nitrogen and oxygen atoms in total. The molecule has 2 aliphatic heterocycles. The van der Waals surface area contributed by atoms with Crippen molar-refractivity contribution in [2.24, 2.45) is 17.3 Å². The Morgan fingerprint density at radius 2 is 1.88 bits per heavy atom. The van der Waals surface area contributed by atoms with Crippen LogP contribution in [0.1, 0.15) is 25.8 Å². The van der Waals surface area contributed by atoms with Gasteiger partial charge >= 0.3 is 0 Å². The first kappa shape index (κ1) is 17.9. The van der Waals surface area contributed by atoms with Crippen molar-refractivity contribution in [3.05, 3.63) is 35.9 Å². The minimum Gasteiger partial charge on any atom is -0.302 e. The van der Waals surface area contributed by atoms with Crippen LogP contribution in [0.15, 0.2) is 30.3 Å². The van der Waals surface area contributed by atoms with Crippen LogP contribution in [-0.2, 0) is 16.4 Å². The number of hydrogen-bond acceptors (Lipinski definition) is 3. The lowest BCUT2D eigenvalue weighted by Crippen LogP contribution is -2.37. The van der Waals surface area contributed by atoms with Crippen LogP contribution in [0.25, 0.3) is 0 Å². The van der Waals surface area contributed by atoms with Crippen molar-refractivity contribution in [1.82, 2.24) is 9.21 Å². The average molecular weight is 351 g/mol. The van der Waals surface area contributed by atoms with Crippen molar-refractivity contribution >= 4 is 10.0 Å². The van der Waals surface area contributed by atoms with E-state index in [-0.39, 0.29) is 5.41 Å². The molecular weight excluding hydrogens is 320 g/mol. The van der Waals surface area contributed by atoms with Crippen molar-refractivity contribution < 1.29 is 8.42 Å². The summed E-state index contributed by atoms with van der Waals surface area (Å²) in [5, 5.41) is 0. The molecule has 24 heavy (non-hydrogen) atoms. The van der Waals surface area contributed by atoms with Crippen LogP contribution in [0.5, 0.6) is 0 Å². The number of hydrogen-bond donors (Lipinski definition) is 0. The lowest BCUT2D eigenvalue weighted by Gasteiger charge is -2.30. The molecule has 0 aliphatic carbocycles.